The lowest BCUT2D eigenvalue weighted by Gasteiger charge is -2.15. The van der Waals surface area contributed by atoms with E-state index in [0.29, 0.717) is 12.8 Å². The molecule has 0 radical (unpaired) electrons. The van der Waals surface area contributed by atoms with Crippen LogP contribution in [0.25, 0.3) is 0 Å². The van der Waals surface area contributed by atoms with Crippen LogP contribution in [0.2, 0.25) is 0 Å². The molecule has 0 heterocycles. The van der Waals surface area contributed by atoms with E-state index in [2.05, 4.69) is 4.72 Å². The first kappa shape index (κ1) is 14.2. The quantitative estimate of drug-likeness (QED) is 0.864. The number of ketones is 1. The Kier molecular flexibility index (Phi) is 4.37. The molecule has 2 rings (SSSR count). The largest absolute Gasteiger partial charge is 0.298 e. The first-order valence-corrected chi connectivity index (χ1v) is 8.09. The Morgan fingerprint density at radius 1 is 1.11 bits per heavy atom. The second kappa shape index (κ2) is 5.84. The average Bonchev–Trinajstić information content (AvgIpc) is 2.55. The van der Waals surface area contributed by atoms with Gasteiger partial charge in [-0.05, 0) is 31.9 Å². The lowest BCUT2D eigenvalue weighted by molar-refractivity contribution is -0.120. The Hall–Kier alpha value is -1.20. The van der Waals surface area contributed by atoms with Gasteiger partial charge in [0.15, 0.2) is 5.78 Å². The number of carbonyl (C=O) groups is 1. The first-order valence-electron chi connectivity index (χ1n) is 6.61. The third-order valence-electron chi connectivity index (χ3n) is 3.43. The van der Waals surface area contributed by atoms with Crippen molar-refractivity contribution < 1.29 is 13.2 Å². The summed E-state index contributed by atoms with van der Waals surface area (Å²) >= 11 is 0. The van der Waals surface area contributed by atoms with Crippen molar-refractivity contribution in [1.82, 2.24) is 4.72 Å². The number of hydrogen-bond acceptors (Lipinski definition) is 3. The smallest absolute Gasteiger partial charge is 0.241 e. The monoisotopic (exact) mass is 281 g/mol. The zero-order valence-corrected chi connectivity index (χ0v) is 11.9. The molecule has 5 heteroatoms. The van der Waals surface area contributed by atoms with Crippen LogP contribution in [0.3, 0.4) is 0 Å². The Morgan fingerprint density at radius 2 is 1.79 bits per heavy atom. The predicted molar refractivity (Wildman–Crippen MR) is 73.4 cm³/mol. The molecule has 1 aromatic rings. The minimum absolute atomic E-state index is 0.00758. The molecule has 0 amide bonds. The highest BCUT2D eigenvalue weighted by Gasteiger charge is 2.26. The van der Waals surface area contributed by atoms with E-state index in [9.17, 15) is 13.2 Å². The van der Waals surface area contributed by atoms with Gasteiger partial charge in [0, 0.05) is 6.42 Å². The summed E-state index contributed by atoms with van der Waals surface area (Å²) in [5.41, 5.74) is 1.00. The van der Waals surface area contributed by atoms with Gasteiger partial charge in [-0.15, -0.1) is 0 Å². The van der Waals surface area contributed by atoms with E-state index in [4.69, 9.17) is 0 Å². The number of Topliss-reactive ketones (excluding diaryl/α,β-unsaturated/α-hetero) is 1. The van der Waals surface area contributed by atoms with E-state index in [-0.39, 0.29) is 10.7 Å². The molecular formula is C14H19NO3S. The zero-order valence-electron chi connectivity index (χ0n) is 11.1. The van der Waals surface area contributed by atoms with Crippen LogP contribution in [0, 0.1) is 6.92 Å². The SMILES string of the molecule is Cc1ccc(S(=O)(=O)NC2CCCCCC2=O)cc1. The van der Waals surface area contributed by atoms with Gasteiger partial charge in [-0.2, -0.15) is 0 Å². The molecule has 1 N–H and O–H groups in total. The number of carbonyl (C=O) groups excluding carboxylic acids is 1. The summed E-state index contributed by atoms with van der Waals surface area (Å²) in [5.74, 6) is 0.00758. The number of aryl methyl sites for hydroxylation is 1. The van der Waals surface area contributed by atoms with Gasteiger partial charge in [-0.3, -0.25) is 4.79 Å². The van der Waals surface area contributed by atoms with Crippen LogP contribution < -0.4 is 4.72 Å². The number of sulfonamides is 1. The fourth-order valence-corrected chi connectivity index (χ4v) is 3.51. The molecular weight excluding hydrogens is 262 g/mol. The second-order valence-corrected chi connectivity index (χ2v) is 6.77. The molecule has 1 saturated carbocycles. The van der Waals surface area contributed by atoms with Gasteiger partial charge in [0.2, 0.25) is 10.0 Å². The molecule has 0 aliphatic heterocycles. The molecule has 0 aromatic heterocycles. The lowest BCUT2D eigenvalue weighted by atomic mass is 10.1. The molecule has 0 spiro atoms. The van der Waals surface area contributed by atoms with Crippen molar-refractivity contribution in [2.24, 2.45) is 0 Å². The molecule has 1 aliphatic rings. The average molecular weight is 281 g/mol. The summed E-state index contributed by atoms with van der Waals surface area (Å²) in [6.07, 6.45) is 3.83. The molecule has 19 heavy (non-hydrogen) atoms. The third kappa shape index (κ3) is 3.64. The van der Waals surface area contributed by atoms with Gasteiger partial charge < -0.3 is 0 Å². The van der Waals surface area contributed by atoms with E-state index in [0.717, 1.165) is 24.8 Å². The van der Waals surface area contributed by atoms with Gasteiger partial charge in [-0.1, -0.05) is 30.5 Å². The fourth-order valence-electron chi connectivity index (χ4n) is 2.26. The van der Waals surface area contributed by atoms with E-state index >= 15 is 0 Å². The number of benzene rings is 1. The molecule has 1 unspecified atom stereocenters. The van der Waals surface area contributed by atoms with Crippen LogP contribution in [0.4, 0.5) is 0 Å². The van der Waals surface area contributed by atoms with Crippen LogP contribution in [-0.2, 0) is 14.8 Å². The van der Waals surface area contributed by atoms with E-state index in [1.165, 1.54) is 0 Å². The first-order chi connectivity index (χ1) is 8.99. The van der Waals surface area contributed by atoms with Gasteiger partial charge in [-0.25, -0.2) is 13.1 Å². The second-order valence-electron chi connectivity index (χ2n) is 5.05. The standard InChI is InChI=1S/C14H19NO3S/c1-11-7-9-12(10-8-11)19(17,18)15-13-5-3-2-4-6-14(13)16/h7-10,13,15H,2-6H2,1H3. The van der Waals surface area contributed by atoms with Crippen molar-refractivity contribution in [2.45, 2.75) is 50.0 Å². The summed E-state index contributed by atoms with van der Waals surface area (Å²) in [6.45, 7) is 1.90. The molecule has 1 atom stereocenters. The highest BCUT2D eigenvalue weighted by molar-refractivity contribution is 7.89. The summed E-state index contributed by atoms with van der Waals surface area (Å²) < 4.78 is 27.0. The summed E-state index contributed by atoms with van der Waals surface area (Å²) in [7, 11) is -3.60. The normalized spacial score (nSPS) is 21.1. The highest BCUT2D eigenvalue weighted by atomic mass is 32.2. The van der Waals surface area contributed by atoms with Crippen molar-refractivity contribution in [1.29, 1.82) is 0 Å². The fraction of sp³-hybridized carbons (Fsp3) is 0.500. The van der Waals surface area contributed by atoms with Gasteiger partial charge in [0.05, 0.1) is 10.9 Å². The molecule has 1 fully saturated rings. The van der Waals surface area contributed by atoms with Crippen LogP contribution in [0.5, 0.6) is 0 Å². The molecule has 104 valence electrons. The Bertz CT molecular complexity index is 549. The molecule has 4 nitrogen and oxygen atoms in total. The van der Waals surface area contributed by atoms with Gasteiger partial charge in [0.25, 0.3) is 0 Å². The van der Waals surface area contributed by atoms with Crippen molar-refractivity contribution in [3.63, 3.8) is 0 Å². The van der Waals surface area contributed by atoms with Crippen LogP contribution in [0.15, 0.2) is 29.2 Å². The van der Waals surface area contributed by atoms with E-state index < -0.39 is 16.1 Å². The minimum atomic E-state index is -3.60. The van der Waals surface area contributed by atoms with E-state index in [1.54, 1.807) is 24.3 Å². The summed E-state index contributed by atoms with van der Waals surface area (Å²) in [6, 6.07) is 6.08. The minimum Gasteiger partial charge on any atom is -0.298 e. The molecule has 0 bridgehead atoms. The highest BCUT2D eigenvalue weighted by Crippen LogP contribution is 2.17. The lowest BCUT2D eigenvalue weighted by Crippen LogP contribution is -2.40. The Morgan fingerprint density at radius 3 is 2.47 bits per heavy atom. The van der Waals surface area contributed by atoms with Crippen molar-refractivity contribution in [3.8, 4) is 0 Å². The summed E-state index contributed by atoms with van der Waals surface area (Å²) in [4.78, 5) is 12.1. The topological polar surface area (TPSA) is 63.2 Å². The Labute approximate surface area is 114 Å². The van der Waals surface area contributed by atoms with Crippen molar-refractivity contribution in [3.05, 3.63) is 29.8 Å². The van der Waals surface area contributed by atoms with Crippen LogP contribution in [0.1, 0.15) is 37.7 Å². The van der Waals surface area contributed by atoms with Crippen molar-refractivity contribution in [2.75, 3.05) is 0 Å². The molecule has 1 aromatic carbocycles. The van der Waals surface area contributed by atoms with Gasteiger partial charge in [0.1, 0.15) is 0 Å². The van der Waals surface area contributed by atoms with Crippen LogP contribution in [-0.4, -0.2) is 20.2 Å². The maximum Gasteiger partial charge on any atom is 0.241 e. The maximum atomic E-state index is 12.2. The summed E-state index contributed by atoms with van der Waals surface area (Å²) in [5, 5.41) is 0. The number of rotatable bonds is 3. The maximum absolute atomic E-state index is 12.2. The van der Waals surface area contributed by atoms with Crippen molar-refractivity contribution >= 4 is 15.8 Å². The Balaban J connectivity index is 2.16. The molecule has 0 saturated heterocycles. The number of hydrogen-bond donors (Lipinski definition) is 1. The molecule has 1 aliphatic carbocycles. The predicted octanol–water partition coefficient (Wildman–Crippen LogP) is 2.18. The number of nitrogens with one attached hydrogen (secondary N) is 1. The van der Waals surface area contributed by atoms with E-state index in [1.807, 2.05) is 6.92 Å². The zero-order chi connectivity index (χ0) is 13.9. The van der Waals surface area contributed by atoms with Crippen LogP contribution >= 0.6 is 0 Å². The van der Waals surface area contributed by atoms with Gasteiger partial charge >= 0.3 is 0 Å². The third-order valence-corrected chi connectivity index (χ3v) is 4.92.